The highest BCUT2D eigenvalue weighted by atomic mass is 32.1. The molecule has 3 heterocycles. The van der Waals surface area contributed by atoms with E-state index < -0.39 is 0 Å². The molecule has 0 amide bonds. The molecule has 0 saturated carbocycles. The molecule has 0 atom stereocenters. The van der Waals surface area contributed by atoms with Crippen LogP contribution < -0.4 is 4.90 Å². The summed E-state index contributed by atoms with van der Waals surface area (Å²) in [5.74, 6) is 1.93. The van der Waals surface area contributed by atoms with Crippen LogP contribution in [-0.2, 0) is 4.74 Å². The van der Waals surface area contributed by atoms with Crippen molar-refractivity contribution in [1.29, 1.82) is 0 Å². The lowest BCUT2D eigenvalue weighted by molar-refractivity contribution is 0.122. The predicted octanol–water partition coefficient (Wildman–Crippen LogP) is 2.14. The first-order valence-corrected chi connectivity index (χ1v) is 6.69. The first-order chi connectivity index (χ1) is 8.25. The van der Waals surface area contributed by atoms with E-state index >= 15 is 0 Å². The van der Waals surface area contributed by atoms with E-state index in [9.17, 15) is 0 Å². The summed E-state index contributed by atoms with van der Waals surface area (Å²) in [6, 6.07) is 0. The predicted molar refractivity (Wildman–Crippen MR) is 69.9 cm³/mol. The molecule has 0 radical (unpaired) electrons. The van der Waals surface area contributed by atoms with Gasteiger partial charge in [-0.05, 0) is 24.8 Å². The Kier molecular flexibility index (Phi) is 2.72. The van der Waals surface area contributed by atoms with Gasteiger partial charge < -0.3 is 9.64 Å². The molecule has 2 aromatic rings. The Morgan fingerprint density at radius 3 is 2.76 bits per heavy atom. The summed E-state index contributed by atoms with van der Waals surface area (Å²) in [5.41, 5.74) is 2.34. The van der Waals surface area contributed by atoms with E-state index in [-0.39, 0.29) is 0 Å². The molecular formula is C12H15N3OS. The van der Waals surface area contributed by atoms with E-state index in [1.54, 1.807) is 11.3 Å². The summed E-state index contributed by atoms with van der Waals surface area (Å²) in [6.07, 6.45) is 0. The van der Waals surface area contributed by atoms with Gasteiger partial charge in [0.1, 0.15) is 5.82 Å². The average Bonchev–Trinajstić information content (AvgIpc) is 2.72. The number of morpholine rings is 1. The highest BCUT2D eigenvalue weighted by Gasteiger charge is 2.18. The molecule has 17 heavy (non-hydrogen) atoms. The van der Waals surface area contributed by atoms with E-state index in [1.807, 2.05) is 6.92 Å². The van der Waals surface area contributed by atoms with Gasteiger partial charge in [-0.1, -0.05) is 0 Å². The maximum atomic E-state index is 5.39. The Morgan fingerprint density at radius 2 is 2.00 bits per heavy atom. The van der Waals surface area contributed by atoms with E-state index in [0.717, 1.165) is 43.5 Å². The minimum atomic E-state index is 0.787. The summed E-state index contributed by atoms with van der Waals surface area (Å²) < 4.78 is 6.59. The smallest absolute Gasteiger partial charge is 0.150 e. The van der Waals surface area contributed by atoms with Crippen LogP contribution in [0.1, 0.15) is 11.4 Å². The van der Waals surface area contributed by atoms with E-state index in [4.69, 9.17) is 4.74 Å². The van der Waals surface area contributed by atoms with Crippen molar-refractivity contribution in [2.24, 2.45) is 0 Å². The number of hydrogen-bond acceptors (Lipinski definition) is 5. The van der Waals surface area contributed by atoms with Crippen molar-refractivity contribution in [3.05, 3.63) is 16.8 Å². The van der Waals surface area contributed by atoms with Gasteiger partial charge in [0.15, 0.2) is 5.82 Å². The first-order valence-electron chi connectivity index (χ1n) is 5.81. The molecule has 3 rings (SSSR count). The summed E-state index contributed by atoms with van der Waals surface area (Å²) in [5, 5.41) is 2.16. The molecule has 0 aromatic carbocycles. The quantitative estimate of drug-likeness (QED) is 0.776. The number of aryl methyl sites for hydroxylation is 2. The third-order valence-corrected chi connectivity index (χ3v) is 4.08. The lowest BCUT2D eigenvalue weighted by Gasteiger charge is -2.28. The Hall–Kier alpha value is -1.20. The number of aromatic nitrogens is 2. The van der Waals surface area contributed by atoms with Crippen molar-refractivity contribution in [2.75, 3.05) is 31.2 Å². The number of anilines is 1. The van der Waals surface area contributed by atoms with Crippen molar-refractivity contribution in [3.63, 3.8) is 0 Å². The van der Waals surface area contributed by atoms with Crippen LogP contribution in [0.5, 0.6) is 0 Å². The normalized spacial score (nSPS) is 16.7. The van der Waals surface area contributed by atoms with Gasteiger partial charge in [0, 0.05) is 13.1 Å². The molecule has 1 fully saturated rings. The molecule has 1 saturated heterocycles. The molecule has 2 aromatic heterocycles. The van der Waals surface area contributed by atoms with Gasteiger partial charge in [0.25, 0.3) is 0 Å². The zero-order valence-corrected chi connectivity index (χ0v) is 10.9. The van der Waals surface area contributed by atoms with Crippen molar-refractivity contribution in [3.8, 4) is 0 Å². The summed E-state index contributed by atoms with van der Waals surface area (Å²) >= 11 is 1.74. The molecule has 5 heteroatoms. The lowest BCUT2D eigenvalue weighted by atomic mass is 10.3. The number of ether oxygens (including phenoxy) is 1. The third kappa shape index (κ3) is 1.89. The number of hydrogen-bond donors (Lipinski definition) is 0. The van der Waals surface area contributed by atoms with Crippen LogP contribution in [0.4, 0.5) is 5.82 Å². The average molecular weight is 249 g/mol. The minimum absolute atomic E-state index is 0.787. The molecule has 1 aliphatic rings. The zero-order valence-electron chi connectivity index (χ0n) is 10.1. The largest absolute Gasteiger partial charge is 0.378 e. The molecule has 90 valence electrons. The van der Waals surface area contributed by atoms with Crippen LogP contribution in [0.25, 0.3) is 10.2 Å². The van der Waals surface area contributed by atoms with Crippen molar-refractivity contribution in [2.45, 2.75) is 13.8 Å². The molecular weight excluding hydrogens is 234 g/mol. The highest BCUT2D eigenvalue weighted by Crippen LogP contribution is 2.31. The third-order valence-electron chi connectivity index (χ3n) is 3.00. The number of thiophene rings is 1. The van der Waals surface area contributed by atoms with E-state index in [1.165, 1.54) is 10.3 Å². The summed E-state index contributed by atoms with van der Waals surface area (Å²) in [4.78, 5) is 11.4. The molecule has 0 spiro atoms. The standard InChI is InChI=1S/C12H15N3OS/c1-8-7-17-11-10(8)13-9(2)14-12(11)15-3-5-16-6-4-15/h7H,3-6H2,1-2H3. The summed E-state index contributed by atoms with van der Waals surface area (Å²) in [7, 11) is 0. The Morgan fingerprint density at radius 1 is 1.24 bits per heavy atom. The molecule has 1 aliphatic heterocycles. The maximum Gasteiger partial charge on any atom is 0.150 e. The second kappa shape index (κ2) is 4.23. The Balaban J connectivity index is 2.13. The van der Waals surface area contributed by atoms with Crippen molar-refractivity contribution < 1.29 is 4.74 Å². The fourth-order valence-electron chi connectivity index (χ4n) is 2.12. The Bertz CT molecular complexity index is 546. The fraction of sp³-hybridized carbons (Fsp3) is 0.500. The van der Waals surface area contributed by atoms with Gasteiger partial charge in [-0.2, -0.15) is 0 Å². The van der Waals surface area contributed by atoms with Crippen molar-refractivity contribution >= 4 is 27.4 Å². The molecule has 0 N–H and O–H groups in total. The maximum absolute atomic E-state index is 5.39. The number of nitrogens with zero attached hydrogens (tertiary/aromatic N) is 3. The second-order valence-corrected chi connectivity index (χ2v) is 5.17. The van der Waals surface area contributed by atoms with Gasteiger partial charge in [-0.3, -0.25) is 0 Å². The van der Waals surface area contributed by atoms with Crippen LogP contribution in [0, 0.1) is 13.8 Å². The second-order valence-electron chi connectivity index (χ2n) is 4.29. The van der Waals surface area contributed by atoms with Crippen LogP contribution >= 0.6 is 11.3 Å². The van der Waals surface area contributed by atoms with Gasteiger partial charge in [0.2, 0.25) is 0 Å². The summed E-state index contributed by atoms with van der Waals surface area (Å²) in [6.45, 7) is 7.48. The number of fused-ring (bicyclic) bond motifs is 1. The van der Waals surface area contributed by atoms with Crippen LogP contribution in [-0.4, -0.2) is 36.3 Å². The van der Waals surface area contributed by atoms with Crippen molar-refractivity contribution in [1.82, 2.24) is 9.97 Å². The van der Waals surface area contributed by atoms with E-state index in [0.29, 0.717) is 0 Å². The minimum Gasteiger partial charge on any atom is -0.378 e. The van der Waals surface area contributed by atoms with Gasteiger partial charge in [0.05, 0.1) is 23.4 Å². The topological polar surface area (TPSA) is 38.2 Å². The fourth-order valence-corrected chi connectivity index (χ4v) is 3.12. The lowest BCUT2D eigenvalue weighted by Crippen LogP contribution is -2.36. The monoisotopic (exact) mass is 249 g/mol. The molecule has 4 nitrogen and oxygen atoms in total. The molecule has 0 bridgehead atoms. The van der Waals surface area contributed by atoms with Gasteiger partial charge in [-0.25, -0.2) is 9.97 Å². The van der Waals surface area contributed by atoms with Gasteiger partial charge >= 0.3 is 0 Å². The Labute approximate surface area is 104 Å². The molecule has 0 unspecified atom stereocenters. The van der Waals surface area contributed by atoms with Crippen LogP contribution in [0.15, 0.2) is 5.38 Å². The van der Waals surface area contributed by atoms with Crippen LogP contribution in [0.3, 0.4) is 0 Å². The highest BCUT2D eigenvalue weighted by molar-refractivity contribution is 7.18. The van der Waals surface area contributed by atoms with Crippen LogP contribution in [0.2, 0.25) is 0 Å². The number of rotatable bonds is 1. The van der Waals surface area contributed by atoms with E-state index in [2.05, 4.69) is 27.2 Å². The van der Waals surface area contributed by atoms with Gasteiger partial charge in [-0.15, -0.1) is 11.3 Å². The molecule has 0 aliphatic carbocycles. The zero-order chi connectivity index (χ0) is 11.8. The SMILES string of the molecule is Cc1nc(N2CCOCC2)c2scc(C)c2n1. The first kappa shape index (κ1) is 10.9.